The average Bonchev–Trinajstić information content (AvgIpc) is 2.46. The van der Waals surface area contributed by atoms with Gasteiger partial charge in [0.15, 0.2) is 0 Å². The Labute approximate surface area is 116 Å². The second-order valence-corrected chi connectivity index (χ2v) is 4.99. The van der Waals surface area contributed by atoms with Crippen LogP contribution in [-0.4, -0.2) is 0 Å². The molecule has 0 atom stereocenters. The standard InChI is InChI=1S/C19H20/c1-15(2)19(14-17-10-6-4-7-11-17)16(3)18-12-8-5-9-13-18/h4-13H,3,14H2,1-2H3. The van der Waals surface area contributed by atoms with Gasteiger partial charge in [-0.1, -0.05) is 72.8 Å². The molecule has 0 heterocycles. The van der Waals surface area contributed by atoms with Gasteiger partial charge in [-0.25, -0.2) is 0 Å². The van der Waals surface area contributed by atoms with Crippen molar-refractivity contribution in [3.8, 4) is 0 Å². The lowest BCUT2D eigenvalue weighted by molar-refractivity contribution is 1.15. The Bertz CT molecular complexity index is 570. The molecule has 0 fully saturated rings. The van der Waals surface area contributed by atoms with Crippen LogP contribution in [0, 0.1) is 0 Å². The summed E-state index contributed by atoms with van der Waals surface area (Å²) in [5, 5.41) is 0. The number of hydrogen-bond acceptors (Lipinski definition) is 0. The predicted octanol–water partition coefficient (Wildman–Crippen LogP) is 5.28. The van der Waals surface area contributed by atoms with E-state index < -0.39 is 0 Å². The van der Waals surface area contributed by atoms with Gasteiger partial charge >= 0.3 is 0 Å². The lowest BCUT2D eigenvalue weighted by Crippen LogP contribution is -1.96. The average molecular weight is 248 g/mol. The molecule has 0 bridgehead atoms. The number of benzene rings is 2. The van der Waals surface area contributed by atoms with E-state index in [4.69, 9.17) is 0 Å². The fourth-order valence-corrected chi connectivity index (χ4v) is 2.20. The predicted molar refractivity (Wildman–Crippen MR) is 84.0 cm³/mol. The molecule has 0 N–H and O–H groups in total. The summed E-state index contributed by atoms with van der Waals surface area (Å²) in [5.74, 6) is 0. The van der Waals surface area contributed by atoms with Gasteiger partial charge < -0.3 is 0 Å². The van der Waals surface area contributed by atoms with Crippen molar-refractivity contribution in [1.29, 1.82) is 0 Å². The van der Waals surface area contributed by atoms with Crippen LogP contribution in [0.2, 0.25) is 0 Å². The highest BCUT2D eigenvalue weighted by atomic mass is 14.1. The van der Waals surface area contributed by atoms with E-state index in [9.17, 15) is 0 Å². The van der Waals surface area contributed by atoms with Crippen LogP contribution in [0.1, 0.15) is 25.0 Å². The highest BCUT2D eigenvalue weighted by molar-refractivity contribution is 5.78. The molecule has 0 aliphatic rings. The minimum absolute atomic E-state index is 0.941. The summed E-state index contributed by atoms with van der Waals surface area (Å²) in [4.78, 5) is 0. The van der Waals surface area contributed by atoms with Gasteiger partial charge in [-0.15, -0.1) is 0 Å². The van der Waals surface area contributed by atoms with Crippen LogP contribution in [0.5, 0.6) is 0 Å². The highest BCUT2D eigenvalue weighted by Crippen LogP contribution is 2.26. The maximum atomic E-state index is 4.28. The molecule has 0 radical (unpaired) electrons. The summed E-state index contributed by atoms with van der Waals surface area (Å²) >= 11 is 0. The van der Waals surface area contributed by atoms with E-state index >= 15 is 0 Å². The van der Waals surface area contributed by atoms with E-state index in [0.29, 0.717) is 0 Å². The Hall–Kier alpha value is -2.08. The van der Waals surface area contributed by atoms with Crippen molar-refractivity contribution < 1.29 is 0 Å². The Balaban J connectivity index is 2.28. The molecule has 2 aromatic rings. The van der Waals surface area contributed by atoms with E-state index in [1.165, 1.54) is 22.3 Å². The highest BCUT2D eigenvalue weighted by Gasteiger charge is 2.08. The van der Waals surface area contributed by atoms with Crippen molar-refractivity contribution in [3.05, 3.63) is 89.5 Å². The molecule has 0 aromatic heterocycles. The first-order chi connectivity index (χ1) is 9.18. The maximum absolute atomic E-state index is 4.28. The zero-order chi connectivity index (χ0) is 13.7. The quantitative estimate of drug-likeness (QED) is 0.646. The van der Waals surface area contributed by atoms with Crippen molar-refractivity contribution >= 4 is 5.57 Å². The number of allylic oxidation sites excluding steroid dienone is 3. The first-order valence-corrected chi connectivity index (χ1v) is 6.63. The zero-order valence-corrected chi connectivity index (χ0v) is 11.7. The molecule has 2 rings (SSSR count). The summed E-state index contributed by atoms with van der Waals surface area (Å²) in [6, 6.07) is 21.0. The van der Waals surface area contributed by atoms with E-state index in [2.05, 4.69) is 75.0 Å². The van der Waals surface area contributed by atoms with Gasteiger partial charge in [0.05, 0.1) is 0 Å². The summed E-state index contributed by atoms with van der Waals surface area (Å²) in [5.41, 5.74) is 6.32. The molecule has 0 saturated carbocycles. The largest absolute Gasteiger partial charge is 0.0909 e. The second-order valence-electron chi connectivity index (χ2n) is 4.99. The molecule has 96 valence electrons. The fraction of sp³-hybridized carbons (Fsp3) is 0.158. The van der Waals surface area contributed by atoms with Gasteiger partial charge in [0, 0.05) is 0 Å². The van der Waals surface area contributed by atoms with Gasteiger partial charge in [0.2, 0.25) is 0 Å². The van der Waals surface area contributed by atoms with E-state index in [1.807, 2.05) is 6.07 Å². The lowest BCUT2D eigenvalue weighted by atomic mass is 9.91. The van der Waals surface area contributed by atoms with Crippen molar-refractivity contribution in [2.24, 2.45) is 0 Å². The van der Waals surface area contributed by atoms with E-state index in [1.54, 1.807) is 0 Å². The van der Waals surface area contributed by atoms with Crippen molar-refractivity contribution in [2.75, 3.05) is 0 Å². The molecule has 0 aliphatic carbocycles. The van der Waals surface area contributed by atoms with Gasteiger partial charge in [-0.2, -0.15) is 0 Å². The van der Waals surface area contributed by atoms with Crippen molar-refractivity contribution in [2.45, 2.75) is 20.3 Å². The maximum Gasteiger partial charge on any atom is -0.00205 e. The van der Waals surface area contributed by atoms with Crippen LogP contribution in [0.25, 0.3) is 5.57 Å². The van der Waals surface area contributed by atoms with Gasteiger partial charge in [-0.05, 0) is 42.5 Å². The zero-order valence-electron chi connectivity index (χ0n) is 11.7. The Morgan fingerprint density at radius 2 is 1.37 bits per heavy atom. The molecule has 0 heteroatoms. The van der Waals surface area contributed by atoms with Gasteiger partial charge in [-0.3, -0.25) is 0 Å². The second kappa shape index (κ2) is 6.19. The minimum atomic E-state index is 0.941. The summed E-state index contributed by atoms with van der Waals surface area (Å²) in [6.45, 7) is 8.60. The van der Waals surface area contributed by atoms with E-state index in [0.717, 1.165) is 12.0 Å². The SMILES string of the molecule is C=C(C(Cc1ccccc1)=C(C)C)c1ccccc1. The van der Waals surface area contributed by atoms with Crippen LogP contribution >= 0.6 is 0 Å². The van der Waals surface area contributed by atoms with Crippen LogP contribution in [-0.2, 0) is 6.42 Å². The Kier molecular flexibility index (Phi) is 4.35. The summed E-state index contributed by atoms with van der Waals surface area (Å²) in [7, 11) is 0. The topological polar surface area (TPSA) is 0 Å². The van der Waals surface area contributed by atoms with Crippen LogP contribution in [0.4, 0.5) is 0 Å². The van der Waals surface area contributed by atoms with Gasteiger partial charge in [0.1, 0.15) is 0 Å². The summed E-state index contributed by atoms with van der Waals surface area (Å²) < 4.78 is 0. The molecule has 2 aromatic carbocycles. The van der Waals surface area contributed by atoms with Crippen molar-refractivity contribution in [3.63, 3.8) is 0 Å². The third-order valence-electron chi connectivity index (χ3n) is 3.31. The molecule has 0 nitrogen and oxygen atoms in total. The summed E-state index contributed by atoms with van der Waals surface area (Å²) in [6.07, 6.45) is 0.941. The fourth-order valence-electron chi connectivity index (χ4n) is 2.20. The smallest absolute Gasteiger partial charge is 0.00205 e. The third kappa shape index (κ3) is 3.45. The first kappa shape index (κ1) is 13.4. The number of hydrogen-bond donors (Lipinski definition) is 0. The van der Waals surface area contributed by atoms with Crippen LogP contribution < -0.4 is 0 Å². The molecule has 0 amide bonds. The van der Waals surface area contributed by atoms with Crippen LogP contribution in [0.3, 0.4) is 0 Å². The van der Waals surface area contributed by atoms with Crippen LogP contribution in [0.15, 0.2) is 78.4 Å². The monoisotopic (exact) mass is 248 g/mol. The molecule has 0 aliphatic heterocycles. The molecular formula is C19H20. The molecule has 0 unspecified atom stereocenters. The lowest BCUT2D eigenvalue weighted by Gasteiger charge is -2.14. The minimum Gasteiger partial charge on any atom is -0.0909 e. The molecule has 0 saturated heterocycles. The van der Waals surface area contributed by atoms with E-state index in [-0.39, 0.29) is 0 Å². The normalized spacial score (nSPS) is 10.0. The molecular weight excluding hydrogens is 228 g/mol. The Morgan fingerprint density at radius 3 is 1.89 bits per heavy atom. The first-order valence-electron chi connectivity index (χ1n) is 6.63. The molecule has 19 heavy (non-hydrogen) atoms. The molecule has 0 spiro atoms. The van der Waals surface area contributed by atoms with Crippen molar-refractivity contribution in [1.82, 2.24) is 0 Å². The number of rotatable bonds is 4. The Morgan fingerprint density at radius 1 is 0.842 bits per heavy atom. The van der Waals surface area contributed by atoms with Gasteiger partial charge in [0.25, 0.3) is 0 Å². The third-order valence-corrected chi connectivity index (χ3v) is 3.31.